The van der Waals surface area contributed by atoms with Crippen molar-refractivity contribution in [1.82, 2.24) is 5.32 Å². The first-order chi connectivity index (χ1) is 3.71. The van der Waals surface area contributed by atoms with Gasteiger partial charge in [-0.05, 0) is 41.5 Å². The normalized spacial score (nSPS) is 12.6. The molecule has 0 fully saturated rings. The third kappa shape index (κ3) is 11.3. The summed E-state index contributed by atoms with van der Waals surface area (Å²) in [5.74, 6) is 0. The van der Waals surface area contributed by atoms with Gasteiger partial charge in [0.2, 0.25) is 0 Å². The highest BCUT2D eigenvalue weighted by Gasteiger charge is 2.17. The maximum atomic E-state index is 3.46. The van der Waals surface area contributed by atoms with E-state index < -0.39 is 0 Å². The monoisotopic (exact) mass is 209 g/mol. The largest absolute Gasteiger partial charge is 0.307 e. The molecular formula is C8H20BrN. The van der Waals surface area contributed by atoms with Crippen LogP contribution in [0.4, 0.5) is 0 Å². The zero-order chi connectivity index (χ0) is 7.71. The van der Waals surface area contributed by atoms with Crippen LogP contribution in [0.5, 0.6) is 0 Å². The minimum atomic E-state index is 0. The molecule has 0 aromatic carbocycles. The van der Waals surface area contributed by atoms with Gasteiger partial charge in [-0.1, -0.05) is 0 Å². The lowest BCUT2D eigenvalue weighted by molar-refractivity contribution is 0.303. The van der Waals surface area contributed by atoms with Crippen LogP contribution in [-0.4, -0.2) is 11.1 Å². The highest BCUT2D eigenvalue weighted by Crippen LogP contribution is 2.08. The van der Waals surface area contributed by atoms with Crippen LogP contribution in [-0.2, 0) is 0 Å². The molecule has 0 aromatic heterocycles. The van der Waals surface area contributed by atoms with Crippen molar-refractivity contribution in [2.24, 2.45) is 0 Å². The van der Waals surface area contributed by atoms with Crippen LogP contribution in [0.25, 0.3) is 0 Å². The van der Waals surface area contributed by atoms with Crippen molar-refractivity contribution in [3.63, 3.8) is 0 Å². The third-order valence-corrected chi connectivity index (χ3v) is 0.750. The summed E-state index contributed by atoms with van der Waals surface area (Å²) in [5.41, 5.74) is 0.469. The molecule has 10 heavy (non-hydrogen) atoms. The fourth-order valence-electron chi connectivity index (χ4n) is 1.12. The highest BCUT2D eigenvalue weighted by atomic mass is 79.9. The highest BCUT2D eigenvalue weighted by molar-refractivity contribution is 8.93. The second kappa shape index (κ2) is 3.72. The molecular weight excluding hydrogens is 190 g/mol. The molecule has 1 N–H and O–H groups in total. The van der Waals surface area contributed by atoms with Crippen LogP contribution in [0.1, 0.15) is 41.5 Å². The predicted octanol–water partition coefficient (Wildman–Crippen LogP) is 2.75. The van der Waals surface area contributed by atoms with Crippen LogP contribution >= 0.6 is 17.0 Å². The first-order valence-corrected chi connectivity index (χ1v) is 3.50. The van der Waals surface area contributed by atoms with Gasteiger partial charge in [0, 0.05) is 11.1 Å². The molecule has 0 saturated carbocycles. The van der Waals surface area contributed by atoms with E-state index >= 15 is 0 Å². The Morgan fingerprint density at radius 1 is 0.700 bits per heavy atom. The molecule has 0 spiro atoms. The van der Waals surface area contributed by atoms with Crippen LogP contribution < -0.4 is 5.32 Å². The number of halogens is 1. The molecule has 0 atom stereocenters. The van der Waals surface area contributed by atoms with Crippen LogP contribution in [0.2, 0.25) is 0 Å². The number of rotatable bonds is 0. The molecule has 0 amide bonds. The molecule has 0 unspecified atom stereocenters. The predicted molar refractivity (Wildman–Crippen MR) is 53.0 cm³/mol. The SMILES string of the molecule is Br.CC(C)(C)NC(C)(C)C. The van der Waals surface area contributed by atoms with Gasteiger partial charge in [-0.3, -0.25) is 0 Å². The summed E-state index contributed by atoms with van der Waals surface area (Å²) >= 11 is 0. The first kappa shape index (κ1) is 13.1. The Hall–Kier alpha value is 0.440. The van der Waals surface area contributed by atoms with Crippen LogP contribution in [0, 0.1) is 0 Å². The van der Waals surface area contributed by atoms with Gasteiger partial charge in [0.1, 0.15) is 0 Å². The van der Waals surface area contributed by atoms with Crippen molar-refractivity contribution in [1.29, 1.82) is 0 Å². The Labute approximate surface area is 75.4 Å². The van der Waals surface area contributed by atoms with Crippen molar-refractivity contribution in [3.8, 4) is 0 Å². The summed E-state index contributed by atoms with van der Waals surface area (Å²) in [4.78, 5) is 0. The topological polar surface area (TPSA) is 12.0 Å². The third-order valence-electron chi connectivity index (χ3n) is 0.750. The zero-order valence-corrected chi connectivity index (χ0v) is 9.62. The van der Waals surface area contributed by atoms with E-state index in [0.29, 0.717) is 0 Å². The minimum absolute atomic E-state index is 0. The van der Waals surface area contributed by atoms with Crippen LogP contribution in [0.15, 0.2) is 0 Å². The zero-order valence-electron chi connectivity index (χ0n) is 7.91. The van der Waals surface area contributed by atoms with Crippen molar-refractivity contribution >= 4 is 17.0 Å². The van der Waals surface area contributed by atoms with E-state index in [1.807, 2.05) is 0 Å². The Morgan fingerprint density at radius 3 is 0.900 bits per heavy atom. The molecule has 0 radical (unpaired) electrons. The summed E-state index contributed by atoms with van der Waals surface area (Å²) in [7, 11) is 0. The van der Waals surface area contributed by atoms with Gasteiger partial charge in [0.15, 0.2) is 0 Å². The van der Waals surface area contributed by atoms with Gasteiger partial charge >= 0.3 is 0 Å². The number of hydrogen-bond donors (Lipinski definition) is 1. The minimum Gasteiger partial charge on any atom is -0.307 e. The molecule has 0 aliphatic heterocycles. The van der Waals surface area contributed by atoms with Gasteiger partial charge in [-0.15, -0.1) is 17.0 Å². The molecule has 0 saturated heterocycles. The summed E-state index contributed by atoms with van der Waals surface area (Å²) in [6.45, 7) is 13.1. The lowest BCUT2D eigenvalue weighted by Crippen LogP contribution is -2.48. The Balaban J connectivity index is 0. The van der Waals surface area contributed by atoms with E-state index in [1.54, 1.807) is 0 Å². The number of nitrogens with one attached hydrogen (secondary N) is 1. The molecule has 0 aromatic rings. The summed E-state index contributed by atoms with van der Waals surface area (Å²) < 4.78 is 0. The molecule has 0 bridgehead atoms. The lowest BCUT2D eigenvalue weighted by atomic mass is 10.0. The van der Waals surface area contributed by atoms with E-state index in [1.165, 1.54) is 0 Å². The molecule has 0 aliphatic rings. The van der Waals surface area contributed by atoms with Crippen LogP contribution in [0.3, 0.4) is 0 Å². The average molecular weight is 210 g/mol. The van der Waals surface area contributed by atoms with E-state index in [-0.39, 0.29) is 28.1 Å². The van der Waals surface area contributed by atoms with Crippen molar-refractivity contribution in [2.45, 2.75) is 52.6 Å². The van der Waals surface area contributed by atoms with E-state index in [0.717, 1.165) is 0 Å². The quantitative estimate of drug-likeness (QED) is 0.648. The Morgan fingerprint density at radius 2 is 0.900 bits per heavy atom. The van der Waals surface area contributed by atoms with Gasteiger partial charge in [0.05, 0.1) is 0 Å². The van der Waals surface area contributed by atoms with Crippen molar-refractivity contribution < 1.29 is 0 Å². The maximum absolute atomic E-state index is 3.46. The lowest BCUT2D eigenvalue weighted by Gasteiger charge is -2.31. The maximum Gasteiger partial charge on any atom is 0.0101 e. The number of hydrogen-bond acceptors (Lipinski definition) is 1. The standard InChI is InChI=1S/C8H19N.BrH/c1-7(2,3)9-8(4,5)6;/h9H,1-6H3;1H. The smallest absolute Gasteiger partial charge is 0.0101 e. The first-order valence-electron chi connectivity index (χ1n) is 3.50. The fraction of sp³-hybridized carbons (Fsp3) is 1.00. The summed E-state index contributed by atoms with van der Waals surface area (Å²) in [6.07, 6.45) is 0. The molecule has 1 nitrogen and oxygen atoms in total. The average Bonchev–Trinajstić information content (AvgIpc) is 1.14. The summed E-state index contributed by atoms with van der Waals surface area (Å²) in [6, 6.07) is 0. The van der Waals surface area contributed by atoms with Crippen molar-refractivity contribution in [2.75, 3.05) is 0 Å². The van der Waals surface area contributed by atoms with Gasteiger partial charge in [-0.2, -0.15) is 0 Å². The Kier molecular flexibility index (Phi) is 4.86. The van der Waals surface area contributed by atoms with E-state index in [4.69, 9.17) is 0 Å². The Bertz CT molecular complexity index is 74.4. The second-order valence-electron chi connectivity index (χ2n) is 4.62. The molecule has 64 valence electrons. The molecule has 2 heteroatoms. The second-order valence-corrected chi connectivity index (χ2v) is 4.62. The molecule has 0 rings (SSSR count). The van der Waals surface area contributed by atoms with Gasteiger partial charge < -0.3 is 5.32 Å². The van der Waals surface area contributed by atoms with Gasteiger partial charge in [-0.25, -0.2) is 0 Å². The summed E-state index contributed by atoms with van der Waals surface area (Å²) in [5, 5.41) is 3.46. The van der Waals surface area contributed by atoms with E-state index in [2.05, 4.69) is 46.9 Å². The molecule has 0 aliphatic carbocycles. The molecule has 0 heterocycles. The van der Waals surface area contributed by atoms with Crippen molar-refractivity contribution in [3.05, 3.63) is 0 Å². The van der Waals surface area contributed by atoms with Gasteiger partial charge in [0.25, 0.3) is 0 Å². The van der Waals surface area contributed by atoms with E-state index in [9.17, 15) is 0 Å². The fourth-order valence-corrected chi connectivity index (χ4v) is 1.12.